The van der Waals surface area contributed by atoms with Gasteiger partial charge in [-0.1, -0.05) is 26.0 Å². The number of pyridine rings is 1. The molecule has 0 radical (unpaired) electrons. The lowest BCUT2D eigenvalue weighted by molar-refractivity contribution is 0.102. The second-order valence-corrected chi connectivity index (χ2v) is 8.15. The van der Waals surface area contributed by atoms with E-state index < -0.39 is 0 Å². The molecule has 3 heterocycles. The zero-order valence-electron chi connectivity index (χ0n) is 18.5. The highest BCUT2D eigenvalue weighted by atomic mass is 16.1. The number of fused-ring (bicyclic) bond motifs is 1. The molecule has 1 N–H and O–H groups in total. The lowest BCUT2D eigenvalue weighted by atomic mass is 10.0. The number of nitrogens with one attached hydrogen (secondary N) is 1. The van der Waals surface area contributed by atoms with Gasteiger partial charge in [-0.05, 0) is 44.9 Å². The average molecular weight is 418 g/mol. The van der Waals surface area contributed by atoms with E-state index in [1.54, 1.807) is 12.5 Å². The Labute approximate surface area is 181 Å². The molecule has 160 valence electrons. The zero-order valence-corrected chi connectivity index (χ0v) is 18.5. The average Bonchev–Trinajstić information content (AvgIpc) is 3.39. The second kappa shape index (κ2) is 8.29. The van der Waals surface area contributed by atoms with Crippen LogP contribution in [0.2, 0.25) is 0 Å². The fourth-order valence-corrected chi connectivity index (χ4v) is 3.54. The molecule has 1 aromatic carbocycles. The maximum atomic E-state index is 13.3. The summed E-state index contributed by atoms with van der Waals surface area (Å²) in [6, 6.07) is 9.65. The highest BCUT2D eigenvalue weighted by molar-refractivity contribution is 6.12. The quantitative estimate of drug-likeness (QED) is 0.492. The number of hydrogen-bond acceptors (Lipinski definition) is 5. The summed E-state index contributed by atoms with van der Waals surface area (Å²) in [4.78, 5) is 18.1. The van der Waals surface area contributed by atoms with E-state index in [1.165, 1.54) is 0 Å². The minimum atomic E-state index is -0.188. The van der Waals surface area contributed by atoms with Crippen LogP contribution in [-0.4, -0.2) is 35.4 Å². The molecule has 0 saturated heterocycles. The van der Waals surface area contributed by atoms with Crippen LogP contribution in [-0.2, 0) is 6.54 Å². The predicted molar refractivity (Wildman–Crippen MR) is 121 cm³/mol. The van der Waals surface area contributed by atoms with E-state index in [0.29, 0.717) is 11.3 Å². The Hall–Kier alpha value is -3.55. The van der Waals surface area contributed by atoms with Crippen LogP contribution >= 0.6 is 0 Å². The third kappa shape index (κ3) is 3.93. The topological polar surface area (TPSA) is 90.5 Å². The van der Waals surface area contributed by atoms with Crippen LogP contribution < -0.4 is 5.32 Å². The predicted octanol–water partition coefficient (Wildman–Crippen LogP) is 4.67. The minimum absolute atomic E-state index is 0.149. The molecule has 0 aliphatic heterocycles. The van der Waals surface area contributed by atoms with Crippen molar-refractivity contribution >= 4 is 22.6 Å². The van der Waals surface area contributed by atoms with Gasteiger partial charge < -0.3 is 9.88 Å². The number of nitrogens with zero attached hydrogens (tertiary/aromatic N) is 6. The lowest BCUT2D eigenvalue weighted by Gasteiger charge is -2.13. The number of aryl methyl sites for hydroxylation is 1. The molecule has 0 aliphatic carbocycles. The van der Waals surface area contributed by atoms with Crippen LogP contribution in [0.3, 0.4) is 0 Å². The third-order valence-corrected chi connectivity index (χ3v) is 5.25. The van der Waals surface area contributed by atoms with E-state index in [1.807, 2.05) is 46.5 Å². The van der Waals surface area contributed by atoms with Crippen molar-refractivity contribution in [3.8, 4) is 11.4 Å². The summed E-state index contributed by atoms with van der Waals surface area (Å²) in [7, 11) is 0. The number of hydrogen-bond donors (Lipinski definition) is 1. The van der Waals surface area contributed by atoms with Crippen LogP contribution in [0.5, 0.6) is 0 Å². The molecular weight excluding hydrogens is 390 g/mol. The van der Waals surface area contributed by atoms with Crippen LogP contribution in [0.15, 0.2) is 42.9 Å². The molecule has 4 aromatic rings. The molecule has 8 heteroatoms. The Morgan fingerprint density at radius 2 is 1.97 bits per heavy atom. The standard InChI is InChI=1S/C23H27N7O/c1-6-29-13-24-28-21(29)16-8-7-9-17(10-16)26-23(31)18-11-20(14(2)3)27-22-19(18)12-25-30(22)15(4)5/h7-15H,6H2,1-5H3,(H,26,31). The van der Waals surface area contributed by atoms with Gasteiger partial charge >= 0.3 is 0 Å². The monoisotopic (exact) mass is 417 g/mol. The van der Waals surface area contributed by atoms with Gasteiger partial charge in [0.1, 0.15) is 6.33 Å². The fraction of sp³-hybridized carbons (Fsp3) is 0.348. The minimum Gasteiger partial charge on any atom is -0.322 e. The van der Waals surface area contributed by atoms with Gasteiger partial charge in [0.05, 0.1) is 17.1 Å². The highest BCUT2D eigenvalue weighted by Crippen LogP contribution is 2.26. The SMILES string of the molecule is CCn1cnnc1-c1cccc(NC(=O)c2cc(C(C)C)nc3c2cnn3C(C)C)c1. The molecule has 0 spiro atoms. The van der Waals surface area contributed by atoms with Crippen molar-refractivity contribution in [1.82, 2.24) is 29.5 Å². The van der Waals surface area contributed by atoms with E-state index in [-0.39, 0.29) is 17.9 Å². The Morgan fingerprint density at radius 3 is 2.68 bits per heavy atom. The molecule has 0 bridgehead atoms. The Kier molecular flexibility index (Phi) is 5.54. The summed E-state index contributed by atoms with van der Waals surface area (Å²) in [5, 5.41) is 16.5. The molecule has 0 saturated carbocycles. The molecule has 8 nitrogen and oxygen atoms in total. The molecule has 0 aliphatic rings. The summed E-state index contributed by atoms with van der Waals surface area (Å²) in [6.45, 7) is 11.0. The Morgan fingerprint density at radius 1 is 1.16 bits per heavy atom. The maximum absolute atomic E-state index is 13.3. The summed E-state index contributed by atoms with van der Waals surface area (Å²) in [6.07, 6.45) is 3.43. The summed E-state index contributed by atoms with van der Waals surface area (Å²) < 4.78 is 3.82. The molecule has 3 aromatic heterocycles. The van der Waals surface area contributed by atoms with E-state index in [2.05, 4.69) is 48.3 Å². The van der Waals surface area contributed by atoms with E-state index in [0.717, 1.165) is 34.7 Å². The first kappa shape index (κ1) is 20.7. The molecule has 4 rings (SSSR count). The summed E-state index contributed by atoms with van der Waals surface area (Å²) in [5.74, 6) is 0.770. The zero-order chi connectivity index (χ0) is 22.1. The number of anilines is 1. The second-order valence-electron chi connectivity index (χ2n) is 8.15. The molecule has 0 atom stereocenters. The molecular formula is C23H27N7O. The van der Waals surface area contributed by atoms with E-state index >= 15 is 0 Å². The number of carbonyl (C=O) groups excluding carboxylic acids is 1. The van der Waals surface area contributed by atoms with Crippen LogP contribution in [0.1, 0.15) is 62.6 Å². The highest BCUT2D eigenvalue weighted by Gasteiger charge is 2.19. The van der Waals surface area contributed by atoms with Gasteiger partial charge in [-0.15, -0.1) is 10.2 Å². The van der Waals surface area contributed by atoms with Crippen molar-refractivity contribution < 1.29 is 4.79 Å². The molecule has 0 unspecified atom stereocenters. The third-order valence-electron chi connectivity index (χ3n) is 5.25. The molecule has 0 fully saturated rings. The van der Waals surface area contributed by atoms with E-state index in [4.69, 9.17) is 4.98 Å². The van der Waals surface area contributed by atoms with Crippen molar-refractivity contribution in [2.75, 3.05) is 5.32 Å². The first-order chi connectivity index (χ1) is 14.9. The van der Waals surface area contributed by atoms with Gasteiger partial charge in [-0.25, -0.2) is 9.67 Å². The number of carbonyl (C=O) groups is 1. The normalized spacial score (nSPS) is 11.6. The van der Waals surface area contributed by atoms with Crippen LogP contribution in [0.25, 0.3) is 22.4 Å². The smallest absolute Gasteiger partial charge is 0.256 e. The van der Waals surface area contributed by atoms with Crippen molar-refractivity contribution in [3.63, 3.8) is 0 Å². The number of amides is 1. The number of benzene rings is 1. The van der Waals surface area contributed by atoms with Gasteiger partial charge in [0.15, 0.2) is 11.5 Å². The first-order valence-corrected chi connectivity index (χ1v) is 10.6. The number of aromatic nitrogens is 6. The lowest BCUT2D eigenvalue weighted by Crippen LogP contribution is -2.14. The Balaban J connectivity index is 1.71. The van der Waals surface area contributed by atoms with Crippen molar-refractivity contribution in [3.05, 3.63) is 54.1 Å². The van der Waals surface area contributed by atoms with Crippen molar-refractivity contribution in [1.29, 1.82) is 0 Å². The summed E-state index contributed by atoms with van der Waals surface area (Å²) in [5.41, 5.74) is 3.76. The summed E-state index contributed by atoms with van der Waals surface area (Å²) >= 11 is 0. The maximum Gasteiger partial charge on any atom is 0.256 e. The van der Waals surface area contributed by atoms with Crippen molar-refractivity contribution in [2.24, 2.45) is 0 Å². The van der Waals surface area contributed by atoms with Crippen LogP contribution in [0.4, 0.5) is 5.69 Å². The largest absolute Gasteiger partial charge is 0.322 e. The van der Waals surface area contributed by atoms with Gasteiger partial charge in [-0.3, -0.25) is 4.79 Å². The van der Waals surface area contributed by atoms with Crippen LogP contribution in [0, 0.1) is 0 Å². The van der Waals surface area contributed by atoms with Gasteiger partial charge in [0, 0.05) is 29.5 Å². The van der Waals surface area contributed by atoms with Crippen molar-refractivity contribution in [2.45, 2.75) is 53.1 Å². The fourth-order valence-electron chi connectivity index (χ4n) is 3.54. The Bertz CT molecular complexity index is 1240. The molecule has 31 heavy (non-hydrogen) atoms. The van der Waals surface area contributed by atoms with Gasteiger partial charge in [0.2, 0.25) is 0 Å². The van der Waals surface area contributed by atoms with E-state index in [9.17, 15) is 4.79 Å². The van der Waals surface area contributed by atoms with Gasteiger partial charge in [0.25, 0.3) is 5.91 Å². The number of rotatable bonds is 6. The molecule has 1 amide bonds. The van der Waals surface area contributed by atoms with Gasteiger partial charge in [-0.2, -0.15) is 5.10 Å². The first-order valence-electron chi connectivity index (χ1n) is 10.6.